The average molecular weight is 402 g/mol. The van der Waals surface area contributed by atoms with Crippen LogP contribution in [0.3, 0.4) is 0 Å². The lowest BCUT2D eigenvalue weighted by molar-refractivity contribution is -0.159. The molecule has 1 heterocycles. The number of esters is 3. The van der Waals surface area contributed by atoms with Gasteiger partial charge >= 0.3 is 17.9 Å². The molecule has 2 aromatic carbocycles. The van der Waals surface area contributed by atoms with Gasteiger partial charge in [-0.3, -0.25) is 4.79 Å². The minimum absolute atomic E-state index is 0.233. The van der Waals surface area contributed by atoms with Crippen molar-refractivity contribution in [3.05, 3.63) is 71.8 Å². The first kappa shape index (κ1) is 20.5. The second-order valence-electron chi connectivity index (χ2n) is 6.30. The summed E-state index contributed by atoms with van der Waals surface area (Å²) in [5.74, 6) is -2.15. The molecule has 0 saturated carbocycles. The van der Waals surface area contributed by atoms with E-state index in [1.807, 2.05) is 0 Å². The number of rotatable bonds is 6. The summed E-state index contributed by atoms with van der Waals surface area (Å²) in [4.78, 5) is 35.9. The van der Waals surface area contributed by atoms with Gasteiger partial charge < -0.3 is 18.9 Å². The lowest BCUT2D eigenvalue weighted by Crippen LogP contribution is -2.41. The summed E-state index contributed by atoms with van der Waals surface area (Å²) < 4.78 is 34.9. The summed E-state index contributed by atoms with van der Waals surface area (Å²) in [6.45, 7) is 0.713. The molecule has 0 radical (unpaired) electrons. The fourth-order valence-corrected chi connectivity index (χ4v) is 2.85. The van der Waals surface area contributed by atoms with Crippen molar-refractivity contribution in [1.29, 1.82) is 0 Å². The summed E-state index contributed by atoms with van der Waals surface area (Å²) >= 11 is 0. The molecule has 0 aromatic heterocycles. The van der Waals surface area contributed by atoms with E-state index in [0.717, 1.165) is 6.92 Å². The number of alkyl halides is 1. The van der Waals surface area contributed by atoms with Gasteiger partial charge in [0.15, 0.2) is 12.2 Å². The van der Waals surface area contributed by atoms with Crippen molar-refractivity contribution in [2.45, 2.75) is 31.6 Å². The number of carbonyl (C=O) groups is 3. The molecule has 0 aliphatic carbocycles. The summed E-state index contributed by atoms with van der Waals surface area (Å²) in [6.07, 6.45) is -5.94. The van der Waals surface area contributed by atoms with Gasteiger partial charge in [-0.05, 0) is 24.3 Å². The maximum absolute atomic E-state index is 14.3. The van der Waals surface area contributed by atoms with Crippen molar-refractivity contribution >= 4 is 17.9 Å². The Morgan fingerprint density at radius 2 is 1.41 bits per heavy atom. The highest BCUT2D eigenvalue weighted by Gasteiger charge is 2.50. The highest BCUT2D eigenvalue weighted by molar-refractivity contribution is 5.90. The Kier molecular flexibility index (Phi) is 6.56. The van der Waals surface area contributed by atoms with Gasteiger partial charge in [-0.2, -0.15) is 0 Å². The van der Waals surface area contributed by atoms with E-state index in [4.69, 9.17) is 18.9 Å². The molecular formula is C21H19FO7. The number of hydrogen-bond acceptors (Lipinski definition) is 7. The zero-order valence-corrected chi connectivity index (χ0v) is 15.5. The third-order valence-electron chi connectivity index (χ3n) is 4.20. The molecule has 0 N–H and O–H groups in total. The molecule has 152 valence electrons. The van der Waals surface area contributed by atoms with Gasteiger partial charge in [0.1, 0.15) is 12.7 Å². The van der Waals surface area contributed by atoms with Crippen LogP contribution in [0, 0.1) is 0 Å². The molecule has 1 aliphatic rings. The number of carbonyl (C=O) groups excluding carboxylic acids is 3. The number of ether oxygens (including phenoxy) is 4. The first-order valence-electron chi connectivity index (χ1n) is 8.90. The summed E-state index contributed by atoms with van der Waals surface area (Å²) in [5.41, 5.74) is 0.535. The van der Waals surface area contributed by atoms with Crippen molar-refractivity contribution in [1.82, 2.24) is 0 Å². The van der Waals surface area contributed by atoms with Crippen LogP contribution in [0.5, 0.6) is 0 Å². The lowest BCUT2D eigenvalue weighted by Gasteiger charge is -2.22. The Balaban J connectivity index is 1.72. The molecule has 0 bridgehead atoms. The van der Waals surface area contributed by atoms with Crippen LogP contribution < -0.4 is 0 Å². The molecule has 0 amide bonds. The molecule has 8 heteroatoms. The zero-order valence-electron chi connectivity index (χ0n) is 15.5. The second kappa shape index (κ2) is 9.29. The Morgan fingerprint density at radius 3 is 1.97 bits per heavy atom. The largest absolute Gasteiger partial charge is 0.459 e. The molecular weight excluding hydrogens is 383 g/mol. The molecule has 0 unspecified atom stereocenters. The Labute approximate surface area is 166 Å². The molecule has 3 rings (SSSR count). The smallest absolute Gasteiger partial charge is 0.338 e. The van der Waals surface area contributed by atoms with Gasteiger partial charge in [-0.25, -0.2) is 14.0 Å². The minimum atomic E-state index is -2.03. The quantitative estimate of drug-likeness (QED) is 0.542. The van der Waals surface area contributed by atoms with E-state index in [2.05, 4.69) is 0 Å². The molecule has 2 aromatic rings. The molecule has 7 nitrogen and oxygen atoms in total. The van der Waals surface area contributed by atoms with E-state index < -0.39 is 49.2 Å². The fraction of sp³-hybridized carbons (Fsp3) is 0.286. The van der Waals surface area contributed by atoms with Crippen molar-refractivity contribution < 1.29 is 37.7 Å². The van der Waals surface area contributed by atoms with E-state index in [-0.39, 0.29) is 5.56 Å². The Bertz CT molecular complexity index is 856. The van der Waals surface area contributed by atoms with Gasteiger partial charge in [-0.15, -0.1) is 0 Å². The lowest BCUT2D eigenvalue weighted by atomic mass is 10.1. The fourth-order valence-electron chi connectivity index (χ4n) is 2.85. The standard InChI is InChI=1S/C21H19FO7/c1-13(23)27-18-17(29-21(25)15-10-6-3-7-11-15)16(28-19(18)22)12-26-20(24)14-8-4-2-5-9-14/h2-11,16-19H,12H2,1H3/t16-,17-,18-,19-/m1/s1. The molecule has 1 saturated heterocycles. The monoisotopic (exact) mass is 402 g/mol. The van der Waals surface area contributed by atoms with Gasteiger partial charge in [0, 0.05) is 6.92 Å². The summed E-state index contributed by atoms with van der Waals surface area (Å²) in [6, 6.07) is 16.3. The molecule has 1 fully saturated rings. The molecule has 29 heavy (non-hydrogen) atoms. The van der Waals surface area contributed by atoms with Crippen LogP contribution in [0.1, 0.15) is 27.6 Å². The Hall–Kier alpha value is -3.26. The van der Waals surface area contributed by atoms with E-state index in [0.29, 0.717) is 5.56 Å². The third-order valence-corrected chi connectivity index (χ3v) is 4.20. The number of benzene rings is 2. The maximum atomic E-state index is 14.3. The Morgan fingerprint density at radius 1 is 0.862 bits per heavy atom. The van der Waals surface area contributed by atoms with Gasteiger partial charge in [0.25, 0.3) is 0 Å². The van der Waals surface area contributed by atoms with E-state index in [1.54, 1.807) is 48.5 Å². The van der Waals surface area contributed by atoms with Crippen LogP contribution in [0.2, 0.25) is 0 Å². The number of hydrogen-bond donors (Lipinski definition) is 0. The maximum Gasteiger partial charge on any atom is 0.338 e. The molecule has 1 aliphatic heterocycles. The van der Waals surface area contributed by atoms with Crippen molar-refractivity contribution in [2.75, 3.05) is 6.61 Å². The summed E-state index contributed by atoms with van der Waals surface area (Å²) in [7, 11) is 0. The van der Waals surface area contributed by atoms with Gasteiger partial charge in [0.2, 0.25) is 6.36 Å². The van der Waals surface area contributed by atoms with Crippen LogP contribution in [-0.2, 0) is 23.7 Å². The molecule has 4 atom stereocenters. The predicted octanol–water partition coefficient (Wildman–Crippen LogP) is 2.70. The average Bonchev–Trinajstić information content (AvgIpc) is 3.01. The van der Waals surface area contributed by atoms with Crippen LogP contribution in [0.15, 0.2) is 60.7 Å². The van der Waals surface area contributed by atoms with Crippen molar-refractivity contribution in [3.8, 4) is 0 Å². The molecule has 0 spiro atoms. The minimum Gasteiger partial charge on any atom is -0.459 e. The van der Waals surface area contributed by atoms with Crippen LogP contribution in [0.4, 0.5) is 4.39 Å². The first-order valence-corrected chi connectivity index (χ1v) is 8.90. The first-order chi connectivity index (χ1) is 14.0. The summed E-state index contributed by atoms with van der Waals surface area (Å²) in [5, 5.41) is 0. The van der Waals surface area contributed by atoms with Crippen LogP contribution >= 0.6 is 0 Å². The normalized spacial score (nSPS) is 23.2. The second-order valence-corrected chi connectivity index (χ2v) is 6.30. The van der Waals surface area contributed by atoms with Crippen LogP contribution in [0.25, 0.3) is 0 Å². The van der Waals surface area contributed by atoms with E-state index in [9.17, 15) is 18.8 Å². The van der Waals surface area contributed by atoms with Gasteiger partial charge in [0.05, 0.1) is 11.1 Å². The highest BCUT2D eigenvalue weighted by Crippen LogP contribution is 2.29. The number of halogens is 1. The predicted molar refractivity (Wildman–Crippen MR) is 97.7 cm³/mol. The van der Waals surface area contributed by atoms with Crippen molar-refractivity contribution in [2.24, 2.45) is 0 Å². The topological polar surface area (TPSA) is 88.1 Å². The van der Waals surface area contributed by atoms with Crippen LogP contribution in [-0.4, -0.2) is 49.2 Å². The highest BCUT2D eigenvalue weighted by atomic mass is 19.1. The van der Waals surface area contributed by atoms with E-state index >= 15 is 0 Å². The third kappa shape index (κ3) is 5.17. The van der Waals surface area contributed by atoms with E-state index in [1.165, 1.54) is 12.1 Å². The van der Waals surface area contributed by atoms with Crippen molar-refractivity contribution in [3.63, 3.8) is 0 Å². The SMILES string of the molecule is CC(=O)O[C@@H]1[C@H](OC(=O)c2ccccc2)[C@@H](COC(=O)c2ccccc2)O[C@H]1F. The zero-order chi connectivity index (χ0) is 20.8. The van der Waals surface area contributed by atoms with Gasteiger partial charge in [-0.1, -0.05) is 36.4 Å².